The second-order valence-corrected chi connectivity index (χ2v) is 5.97. The first-order chi connectivity index (χ1) is 10.6. The molecule has 4 nitrogen and oxygen atoms in total. The summed E-state index contributed by atoms with van der Waals surface area (Å²) in [5, 5.41) is 2.64. The topological polar surface area (TPSA) is 64.4 Å². The predicted octanol–water partition coefficient (Wildman–Crippen LogP) is 2.93. The SMILES string of the molecule is Cc1ccc(CNC(=O)[C@@H](N)CC(C)C)c(OCC(F)(F)F)c1. The molecule has 0 bridgehead atoms. The van der Waals surface area contributed by atoms with Crippen LogP contribution < -0.4 is 15.8 Å². The van der Waals surface area contributed by atoms with Crippen molar-refractivity contribution >= 4 is 5.91 Å². The van der Waals surface area contributed by atoms with Gasteiger partial charge in [-0.1, -0.05) is 26.0 Å². The van der Waals surface area contributed by atoms with Gasteiger partial charge >= 0.3 is 6.18 Å². The van der Waals surface area contributed by atoms with Gasteiger partial charge in [-0.3, -0.25) is 4.79 Å². The molecule has 7 heteroatoms. The van der Waals surface area contributed by atoms with Crippen LogP contribution in [0.25, 0.3) is 0 Å². The highest BCUT2D eigenvalue weighted by molar-refractivity contribution is 5.81. The molecular weight excluding hydrogens is 309 g/mol. The highest BCUT2D eigenvalue weighted by Crippen LogP contribution is 2.23. The van der Waals surface area contributed by atoms with Gasteiger partial charge in [0.2, 0.25) is 5.91 Å². The zero-order valence-electron chi connectivity index (χ0n) is 13.5. The number of rotatable bonds is 7. The Kier molecular flexibility index (Phi) is 6.87. The fraction of sp³-hybridized carbons (Fsp3) is 0.562. The summed E-state index contributed by atoms with van der Waals surface area (Å²) in [5.41, 5.74) is 7.02. The summed E-state index contributed by atoms with van der Waals surface area (Å²) in [5.74, 6) is 0.0573. The molecule has 0 aliphatic heterocycles. The van der Waals surface area contributed by atoms with Crippen LogP contribution in [0.1, 0.15) is 31.4 Å². The van der Waals surface area contributed by atoms with Crippen LogP contribution in [0.2, 0.25) is 0 Å². The van der Waals surface area contributed by atoms with E-state index in [0.29, 0.717) is 12.0 Å². The number of ether oxygens (including phenoxy) is 1. The van der Waals surface area contributed by atoms with E-state index in [0.717, 1.165) is 5.56 Å². The molecule has 3 N–H and O–H groups in total. The molecule has 1 aromatic rings. The number of hydrogen-bond acceptors (Lipinski definition) is 3. The maximum Gasteiger partial charge on any atom is 0.422 e. The number of benzene rings is 1. The Morgan fingerprint density at radius 1 is 1.35 bits per heavy atom. The Morgan fingerprint density at radius 3 is 2.57 bits per heavy atom. The van der Waals surface area contributed by atoms with Crippen molar-refractivity contribution in [2.45, 2.75) is 46.0 Å². The van der Waals surface area contributed by atoms with Gasteiger partial charge in [0.25, 0.3) is 0 Å². The quantitative estimate of drug-likeness (QED) is 0.807. The minimum Gasteiger partial charge on any atom is -0.484 e. The summed E-state index contributed by atoms with van der Waals surface area (Å²) in [4.78, 5) is 11.9. The highest BCUT2D eigenvalue weighted by Gasteiger charge is 2.28. The van der Waals surface area contributed by atoms with Crippen LogP contribution in [-0.2, 0) is 11.3 Å². The Hall–Kier alpha value is -1.76. The molecule has 0 radical (unpaired) electrons. The smallest absolute Gasteiger partial charge is 0.422 e. The van der Waals surface area contributed by atoms with Crippen molar-refractivity contribution in [3.05, 3.63) is 29.3 Å². The predicted molar refractivity (Wildman–Crippen MR) is 82.0 cm³/mol. The first kappa shape index (κ1) is 19.3. The number of carbonyl (C=O) groups is 1. The van der Waals surface area contributed by atoms with Crippen LogP contribution >= 0.6 is 0 Å². The molecule has 0 saturated carbocycles. The van der Waals surface area contributed by atoms with Crippen molar-refractivity contribution in [2.24, 2.45) is 11.7 Å². The monoisotopic (exact) mass is 332 g/mol. The molecule has 0 fully saturated rings. The second-order valence-electron chi connectivity index (χ2n) is 5.97. The fourth-order valence-corrected chi connectivity index (χ4v) is 2.03. The van der Waals surface area contributed by atoms with E-state index < -0.39 is 18.8 Å². The zero-order chi connectivity index (χ0) is 17.6. The molecule has 1 atom stereocenters. The molecule has 1 aromatic carbocycles. The molecule has 130 valence electrons. The number of halogens is 3. The molecule has 0 unspecified atom stereocenters. The van der Waals surface area contributed by atoms with Crippen LogP contribution in [0.4, 0.5) is 13.2 Å². The average molecular weight is 332 g/mol. The first-order valence-electron chi connectivity index (χ1n) is 7.41. The lowest BCUT2D eigenvalue weighted by Crippen LogP contribution is -2.41. The van der Waals surface area contributed by atoms with E-state index in [9.17, 15) is 18.0 Å². The lowest BCUT2D eigenvalue weighted by atomic mass is 10.0. The van der Waals surface area contributed by atoms with Crippen LogP contribution in [0, 0.1) is 12.8 Å². The molecular formula is C16H23F3N2O2. The molecule has 0 saturated heterocycles. The van der Waals surface area contributed by atoms with Crippen molar-refractivity contribution in [1.29, 1.82) is 0 Å². The molecule has 0 spiro atoms. The van der Waals surface area contributed by atoms with Crippen LogP contribution in [0.3, 0.4) is 0 Å². The van der Waals surface area contributed by atoms with E-state index in [-0.39, 0.29) is 24.1 Å². The van der Waals surface area contributed by atoms with Crippen molar-refractivity contribution in [3.8, 4) is 5.75 Å². The number of carbonyl (C=O) groups excluding carboxylic acids is 1. The minimum absolute atomic E-state index is 0.0676. The minimum atomic E-state index is -4.41. The van der Waals surface area contributed by atoms with E-state index in [1.807, 2.05) is 13.8 Å². The molecule has 0 aromatic heterocycles. The van der Waals surface area contributed by atoms with Gasteiger partial charge in [-0.25, -0.2) is 0 Å². The zero-order valence-corrected chi connectivity index (χ0v) is 13.5. The van der Waals surface area contributed by atoms with E-state index in [1.165, 1.54) is 6.07 Å². The standard InChI is InChI=1S/C16H23F3N2O2/c1-10(2)6-13(20)15(22)21-8-12-5-4-11(3)7-14(12)23-9-16(17,18)19/h4-5,7,10,13H,6,8-9,20H2,1-3H3,(H,21,22)/t13-/m0/s1. The lowest BCUT2D eigenvalue weighted by molar-refractivity contribution is -0.153. The van der Waals surface area contributed by atoms with Crippen LogP contribution in [0.15, 0.2) is 18.2 Å². The molecule has 0 heterocycles. The first-order valence-corrected chi connectivity index (χ1v) is 7.41. The number of nitrogens with two attached hydrogens (primary N) is 1. The van der Waals surface area contributed by atoms with E-state index in [4.69, 9.17) is 10.5 Å². The third-order valence-corrected chi connectivity index (χ3v) is 3.13. The molecule has 1 rings (SSSR count). The van der Waals surface area contributed by atoms with Gasteiger partial charge in [0.05, 0.1) is 6.04 Å². The Morgan fingerprint density at radius 2 is 2.00 bits per heavy atom. The van der Waals surface area contributed by atoms with Crippen molar-refractivity contribution in [1.82, 2.24) is 5.32 Å². The third-order valence-electron chi connectivity index (χ3n) is 3.13. The summed E-state index contributed by atoms with van der Waals surface area (Å²) < 4.78 is 41.7. The van der Waals surface area contributed by atoms with Gasteiger partial charge < -0.3 is 15.8 Å². The summed E-state index contributed by atoms with van der Waals surface area (Å²) in [6.45, 7) is 4.36. The van der Waals surface area contributed by atoms with Gasteiger partial charge in [-0.05, 0) is 30.9 Å². The molecule has 0 aliphatic rings. The van der Waals surface area contributed by atoms with Gasteiger partial charge in [-0.2, -0.15) is 13.2 Å². The normalized spacial score (nSPS) is 13.0. The second kappa shape index (κ2) is 8.19. The average Bonchev–Trinajstić information content (AvgIpc) is 2.42. The Balaban J connectivity index is 2.70. The Bertz CT molecular complexity index is 531. The maximum absolute atomic E-state index is 12.3. The summed E-state index contributed by atoms with van der Waals surface area (Å²) in [7, 11) is 0. The molecule has 23 heavy (non-hydrogen) atoms. The fourth-order valence-electron chi connectivity index (χ4n) is 2.03. The largest absolute Gasteiger partial charge is 0.484 e. The summed E-state index contributed by atoms with van der Waals surface area (Å²) in [6.07, 6.45) is -3.87. The van der Waals surface area contributed by atoms with Crippen LogP contribution in [-0.4, -0.2) is 24.7 Å². The van der Waals surface area contributed by atoms with Gasteiger partial charge in [-0.15, -0.1) is 0 Å². The Labute approximate surface area is 134 Å². The summed E-state index contributed by atoms with van der Waals surface area (Å²) in [6, 6.07) is 4.26. The lowest BCUT2D eigenvalue weighted by Gasteiger charge is -2.17. The number of hydrogen-bond donors (Lipinski definition) is 2. The van der Waals surface area contributed by atoms with Gasteiger partial charge in [0.15, 0.2) is 6.61 Å². The van der Waals surface area contributed by atoms with Gasteiger partial charge in [0.1, 0.15) is 5.75 Å². The number of aryl methyl sites for hydroxylation is 1. The van der Waals surface area contributed by atoms with E-state index >= 15 is 0 Å². The van der Waals surface area contributed by atoms with Crippen molar-refractivity contribution < 1.29 is 22.7 Å². The van der Waals surface area contributed by atoms with Crippen molar-refractivity contribution in [2.75, 3.05) is 6.61 Å². The number of alkyl halides is 3. The highest BCUT2D eigenvalue weighted by atomic mass is 19.4. The van der Waals surface area contributed by atoms with Crippen LogP contribution in [0.5, 0.6) is 5.75 Å². The van der Waals surface area contributed by atoms with E-state index in [1.54, 1.807) is 19.1 Å². The number of nitrogens with one attached hydrogen (secondary N) is 1. The molecule has 0 aliphatic carbocycles. The number of amides is 1. The van der Waals surface area contributed by atoms with Gasteiger partial charge in [0, 0.05) is 12.1 Å². The summed E-state index contributed by atoms with van der Waals surface area (Å²) >= 11 is 0. The molecule has 1 amide bonds. The van der Waals surface area contributed by atoms with Crippen molar-refractivity contribution in [3.63, 3.8) is 0 Å². The maximum atomic E-state index is 12.3. The van der Waals surface area contributed by atoms with E-state index in [2.05, 4.69) is 5.32 Å². The third kappa shape index (κ3) is 7.36.